The molecule has 1 fully saturated rings. The minimum atomic E-state index is -1.53. The van der Waals surface area contributed by atoms with Crippen molar-refractivity contribution < 1.29 is 24.9 Å². The van der Waals surface area contributed by atoms with Crippen LogP contribution in [0.1, 0.15) is 6.23 Å². The lowest BCUT2D eigenvalue weighted by Crippen LogP contribution is -2.35. The van der Waals surface area contributed by atoms with Crippen molar-refractivity contribution in [2.75, 3.05) is 5.73 Å². The first-order valence-electron chi connectivity index (χ1n) is 5.92. The van der Waals surface area contributed by atoms with Crippen LogP contribution in [0.2, 0.25) is 0 Å². The number of aromatic nitrogens is 3. The fourth-order valence-electron chi connectivity index (χ4n) is 2.35. The van der Waals surface area contributed by atoms with E-state index in [2.05, 4.69) is 9.97 Å². The number of rotatable bonds is 2. The van der Waals surface area contributed by atoms with Crippen LogP contribution in [0.5, 0.6) is 0 Å². The predicted molar refractivity (Wildman–Crippen MR) is 78.2 cm³/mol. The van der Waals surface area contributed by atoms with Crippen molar-refractivity contribution in [3.63, 3.8) is 0 Å². The van der Waals surface area contributed by atoms with Gasteiger partial charge in [0, 0.05) is 9.77 Å². The molecule has 1 saturated heterocycles. The van der Waals surface area contributed by atoms with E-state index in [4.69, 9.17) is 15.6 Å². The highest BCUT2D eigenvalue weighted by molar-refractivity contribution is 14.1. The maximum Gasteiger partial charge on any atom is 0.335 e. The molecule has 0 unspecified atom stereocenters. The first-order valence-corrected chi connectivity index (χ1v) is 7.00. The number of aliphatic hydroxyl groups is 2. The van der Waals surface area contributed by atoms with E-state index in [1.165, 1.54) is 10.9 Å². The van der Waals surface area contributed by atoms with Crippen molar-refractivity contribution in [3.8, 4) is 0 Å². The van der Waals surface area contributed by atoms with E-state index in [0.717, 1.165) is 3.57 Å². The molecule has 10 heteroatoms. The van der Waals surface area contributed by atoms with E-state index in [0.29, 0.717) is 11.0 Å². The Kier molecular flexibility index (Phi) is 3.47. The molecule has 3 heterocycles. The van der Waals surface area contributed by atoms with E-state index in [1.807, 2.05) is 22.6 Å². The predicted octanol–water partition coefficient (Wildman–Crippen LogP) is -0.678. The van der Waals surface area contributed by atoms with E-state index < -0.39 is 30.5 Å². The summed E-state index contributed by atoms with van der Waals surface area (Å²) in [4.78, 5) is 19.0. The molecule has 2 aromatic rings. The second kappa shape index (κ2) is 5.05. The summed E-state index contributed by atoms with van der Waals surface area (Å²) in [6.45, 7) is 0. The largest absolute Gasteiger partial charge is 0.479 e. The average molecular weight is 406 g/mol. The third-order valence-corrected chi connectivity index (χ3v) is 4.17. The second-order valence-electron chi connectivity index (χ2n) is 4.61. The van der Waals surface area contributed by atoms with Crippen molar-refractivity contribution in [1.82, 2.24) is 14.5 Å². The number of aliphatic carboxylic acids is 1. The lowest BCUT2D eigenvalue weighted by Gasteiger charge is -2.16. The molecule has 1 aliphatic heterocycles. The summed E-state index contributed by atoms with van der Waals surface area (Å²) in [6.07, 6.45) is -2.62. The van der Waals surface area contributed by atoms with Crippen LogP contribution in [0.25, 0.3) is 11.0 Å². The Morgan fingerprint density at radius 3 is 2.71 bits per heavy atom. The number of fused-ring (bicyclic) bond motifs is 1. The normalized spacial score (nSPS) is 29.1. The van der Waals surface area contributed by atoms with Crippen molar-refractivity contribution in [3.05, 3.63) is 16.1 Å². The Balaban J connectivity index is 2.10. The van der Waals surface area contributed by atoms with Gasteiger partial charge in [-0.15, -0.1) is 0 Å². The van der Waals surface area contributed by atoms with Crippen LogP contribution in [0.3, 0.4) is 0 Å². The number of aliphatic hydroxyl groups excluding tert-OH is 2. The smallest absolute Gasteiger partial charge is 0.335 e. The topological polar surface area (TPSA) is 144 Å². The van der Waals surface area contributed by atoms with Crippen LogP contribution in [0.4, 0.5) is 5.82 Å². The Labute approximate surface area is 131 Å². The quantitative estimate of drug-likeness (QED) is 0.481. The van der Waals surface area contributed by atoms with E-state index in [1.54, 1.807) is 6.20 Å². The number of carbonyl (C=O) groups is 1. The minimum Gasteiger partial charge on any atom is -0.479 e. The molecule has 0 aliphatic carbocycles. The lowest BCUT2D eigenvalue weighted by atomic mass is 10.1. The lowest BCUT2D eigenvalue weighted by molar-refractivity contribution is -0.155. The summed E-state index contributed by atoms with van der Waals surface area (Å²) >= 11 is 2.03. The molecule has 0 amide bonds. The molecule has 0 spiro atoms. The number of carboxylic acids is 1. The SMILES string of the molecule is Nc1ncnc2c1c(I)cn2[C@@H]1O[C@H](C(=O)O)[C@@H](O)[C@H]1O. The summed E-state index contributed by atoms with van der Waals surface area (Å²) in [5.74, 6) is -1.07. The molecule has 1 aliphatic rings. The van der Waals surface area contributed by atoms with Gasteiger partial charge in [0.15, 0.2) is 12.3 Å². The highest BCUT2D eigenvalue weighted by atomic mass is 127. The van der Waals surface area contributed by atoms with Gasteiger partial charge in [-0.05, 0) is 22.6 Å². The van der Waals surface area contributed by atoms with Gasteiger partial charge in [0.1, 0.15) is 30.0 Å². The number of anilines is 1. The number of hydrogen-bond acceptors (Lipinski definition) is 7. The fourth-order valence-corrected chi connectivity index (χ4v) is 3.17. The van der Waals surface area contributed by atoms with E-state index >= 15 is 0 Å². The average Bonchev–Trinajstić information content (AvgIpc) is 2.90. The number of ether oxygens (including phenoxy) is 1. The van der Waals surface area contributed by atoms with Gasteiger partial charge in [0.2, 0.25) is 0 Å². The van der Waals surface area contributed by atoms with E-state index in [-0.39, 0.29) is 5.82 Å². The first-order chi connectivity index (χ1) is 9.91. The van der Waals surface area contributed by atoms with Crippen molar-refractivity contribution in [2.45, 2.75) is 24.5 Å². The van der Waals surface area contributed by atoms with Gasteiger partial charge in [-0.1, -0.05) is 0 Å². The molecule has 0 saturated carbocycles. The number of nitrogens with zero attached hydrogens (tertiary/aromatic N) is 3. The molecule has 112 valence electrons. The molecular formula is C11H11IN4O5. The molecule has 5 N–H and O–H groups in total. The fraction of sp³-hybridized carbons (Fsp3) is 0.364. The molecule has 9 nitrogen and oxygen atoms in total. The summed E-state index contributed by atoms with van der Waals surface area (Å²) < 4.78 is 7.43. The molecule has 0 bridgehead atoms. The highest BCUT2D eigenvalue weighted by Gasteiger charge is 2.47. The minimum absolute atomic E-state index is 0.269. The maximum atomic E-state index is 11.0. The van der Waals surface area contributed by atoms with Crippen LogP contribution in [0, 0.1) is 3.57 Å². The number of halogens is 1. The van der Waals surface area contributed by atoms with Crippen LogP contribution in [0.15, 0.2) is 12.5 Å². The van der Waals surface area contributed by atoms with Gasteiger partial charge in [-0.3, -0.25) is 0 Å². The third kappa shape index (κ3) is 2.14. The number of nitrogen functional groups attached to an aromatic ring is 1. The summed E-state index contributed by atoms with van der Waals surface area (Å²) in [5, 5.41) is 29.4. The molecule has 4 atom stereocenters. The van der Waals surface area contributed by atoms with Gasteiger partial charge < -0.3 is 30.4 Å². The number of nitrogens with two attached hydrogens (primary N) is 1. The van der Waals surface area contributed by atoms with Gasteiger partial charge in [-0.2, -0.15) is 0 Å². The van der Waals surface area contributed by atoms with Gasteiger partial charge in [0.05, 0.1) is 5.39 Å². The van der Waals surface area contributed by atoms with Crippen molar-refractivity contribution in [1.29, 1.82) is 0 Å². The van der Waals surface area contributed by atoms with E-state index in [9.17, 15) is 15.0 Å². The molecular weight excluding hydrogens is 395 g/mol. The van der Waals surface area contributed by atoms with Gasteiger partial charge >= 0.3 is 5.97 Å². The summed E-state index contributed by atoms with van der Waals surface area (Å²) in [7, 11) is 0. The number of hydrogen-bond donors (Lipinski definition) is 4. The van der Waals surface area contributed by atoms with Crippen molar-refractivity contribution in [2.24, 2.45) is 0 Å². The standard InChI is InChI=1S/C11H11IN4O5/c12-3-1-16(9-4(3)8(13)14-2-15-9)10-6(18)5(17)7(21-10)11(19)20/h1-2,5-7,10,17-18H,(H,19,20)(H2,13,14,15)/t5-,6+,7-,10+/m0/s1. The van der Waals surface area contributed by atoms with Crippen LogP contribution < -0.4 is 5.73 Å². The summed E-state index contributed by atoms with van der Waals surface area (Å²) in [6, 6.07) is 0. The Hall–Kier alpha value is -1.50. The first kappa shape index (κ1) is 14.4. The molecule has 2 aromatic heterocycles. The molecule has 3 rings (SSSR count). The second-order valence-corrected chi connectivity index (χ2v) is 5.77. The van der Waals surface area contributed by atoms with Crippen molar-refractivity contribution >= 4 is 45.4 Å². The molecule has 0 radical (unpaired) electrons. The van der Waals surface area contributed by atoms with Crippen LogP contribution in [-0.4, -0.2) is 54.1 Å². The Morgan fingerprint density at radius 2 is 2.10 bits per heavy atom. The van der Waals surface area contributed by atoms with Crippen LogP contribution in [-0.2, 0) is 9.53 Å². The summed E-state index contributed by atoms with van der Waals surface area (Å²) in [5.41, 5.74) is 6.19. The monoisotopic (exact) mass is 406 g/mol. The zero-order valence-corrected chi connectivity index (χ0v) is 12.6. The third-order valence-electron chi connectivity index (χ3n) is 3.35. The highest BCUT2D eigenvalue weighted by Crippen LogP contribution is 2.34. The molecule has 21 heavy (non-hydrogen) atoms. The Morgan fingerprint density at radius 1 is 1.38 bits per heavy atom. The van der Waals surface area contributed by atoms with Crippen LogP contribution >= 0.6 is 22.6 Å². The molecule has 0 aromatic carbocycles. The maximum absolute atomic E-state index is 11.0. The zero-order chi connectivity index (χ0) is 15.3. The Bertz CT molecular complexity index is 720. The number of carboxylic acid groups (broad SMARTS) is 1. The zero-order valence-electron chi connectivity index (χ0n) is 10.4. The van der Waals surface area contributed by atoms with Gasteiger partial charge in [0.25, 0.3) is 0 Å². The van der Waals surface area contributed by atoms with Gasteiger partial charge in [-0.25, -0.2) is 14.8 Å².